The maximum absolute atomic E-state index is 8.90. The zero-order valence-electron chi connectivity index (χ0n) is 35.9. The zero-order chi connectivity index (χ0) is 42.8. The van der Waals surface area contributed by atoms with Crippen molar-refractivity contribution in [1.82, 2.24) is 28.9 Å². The summed E-state index contributed by atoms with van der Waals surface area (Å²) in [6, 6.07) is 54.8. The molecule has 0 saturated heterocycles. The Hall–Kier alpha value is -7.96. The minimum atomic E-state index is -0.442. The van der Waals surface area contributed by atoms with Crippen LogP contribution in [0.4, 0.5) is 0 Å². The molecule has 7 aromatic carbocycles. The molecule has 0 amide bonds. The number of pyridine rings is 1. The van der Waals surface area contributed by atoms with Gasteiger partial charge in [-0.05, 0) is 65.7 Å². The smallest absolute Gasteiger partial charge is 0.164 e. The van der Waals surface area contributed by atoms with E-state index in [2.05, 4.69) is 65.2 Å². The van der Waals surface area contributed by atoms with Gasteiger partial charge in [-0.15, -0.1) is 0 Å². The van der Waals surface area contributed by atoms with Crippen LogP contribution in [0, 0.1) is 0 Å². The number of nitrogens with zero attached hydrogens (tertiary/aromatic N) is 6. The van der Waals surface area contributed by atoms with E-state index in [1.807, 2.05) is 109 Å². The third kappa shape index (κ3) is 5.83. The second kappa shape index (κ2) is 14.0. The van der Waals surface area contributed by atoms with Crippen LogP contribution in [0.1, 0.15) is 6.85 Å². The van der Waals surface area contributed by atoms with E-state index in [1.54, 1.807) is 10.6 Å². The Kier molecular flexibility index (Phi) is 6.85. The minimum Gasteiger partial charge on any atom is -0.309 e. The molecular weight excluding hydrogens is 709 g/mol. The van der Waals surface area contributed by atoms with Crippen molar-refractivity contribution in [3.05, 3.63) is 206 Å². The van der Waals surface area contributed by atoms with E-state index < -0.39 is 18.1 Å². The van der Waals surface area contributed by atoms with Crippen LogP contribution in [0.3, 0.4) is 0 Å². The molecular formula is C52H34N6. The summed E-state index contributed by atoms with van der Waals surface area (Å²) in [6.07, 6.45) is 1.80. The SMILES string of the molecule is [2H]c1c([2H])c([2H])c(-c2c(-c3ccc4c5ccccc5n(-c5ccc(-c6nc(-c7ccccc7)nc(-c7cccc(-c8ccccc8)c7)n6)cc5)c4c3)nc3ccccn23)c([2H])c1[2H]. The average molecular weight is 748 g/mol. The average Bonchev–Trinajstić information content (AvgIpc) is 3.89. The van der Waals surface area contributed by atoms with E-state index in [4.69, 9.17) is 26.8 Å². The molecule has 11 rings (SSSR count). The fraction of sp³-hybridized carbons (Fsp3) is 0. The van der Waals surface area contributed by atoms with Gasteiger partial charge in [0.15, 0.2) is 17.5 Å². The van der Waals surface area contributed by atoms with Gasteiger partial charge in [0.2, 0.25) is 0 Å². The molecule has 0 bridgehead atoms. The van der Waals surface area contributed by atoms with Crippen molar-refractivity contribution in [2.24, 2.45) is 0 Å². The second-order valence-electron chi connectivity index (χ2n) is 14.0. The lowest BCUT2D eigenvalue weighted by atomic mass is 10.0. The first kappa shape index (κ1) is 28.4. The Morgan fingerprint density at radius 3 is 1.78 bits per heavy atom. The number of hydrogen-bond donors (Lipinski definition) is 0. The Morgan fingerprint density at radius 1 is 0.397 bits per heavy atom. The van der Waals surface area contributed by atoms with E-state index in [0.717, 1.165) is 60.9 Å². The van der Waals surface area contributed by atoms with Crippen LogP contribution in [0.25, 0.3) is 101 Å². The predicted molar refractivity (Wildman–Crippen MR) is 236 cm³/mol. The van der Waals surface area contributed by atoms with Gasteiger partial charge in [0.05, 0.1) is 29.3 Å². The van der Waals surface area contributed by atoms with Gasteiger partial charge in [-0.3, -0.25) is 4.40 Å². The zero-order valence-corrected chi connectivity index (χ0v) is 30.9. The molecule has 4 aromatic heterocycles. The molecule has 0 saturated carbocycles. The summed E-state index contributed by atoms with van der Waals surface area (Å²) in [7, 11) is 0. The van der Waals surface area contributed by atoms with Crippen molar-refractivity contribution < 1.29 is 6.85 Å². The Balaban J connectivity index is 1.05. The molecule has 0 spiro atoms. The van der Waals surface area contributed by atoms with Gasteiger partial charge in [-0.2, -0.15) is 0 Å². The highest BCUT2D eigenvalue weighted by Crippen LogP contribution is 2.38. The lowest BCUT2D eigenvalue weighted by molar-refractivity contribution is 1.07. The van der Waals surface area contributed by atoms with Gasteiger partial charge in [0.1, 0.15) is 5.65 Å². The van der Waals surface area contributed by atoms with Crippen LogP contribution in [-0.2, 0) is 0 Å². The number of hydrogen-bond acceptors (Lipinski definition) is 4. The van der Waals surface area contributed by atoms with E-state index in [9.17, 15) is 0 Å². The van der Waals surface area contributed by atoms with Crippen molar-refractivity contribution in [3.8, 4) is 73.5 Å². The normalized spacial score (nSPS) is 12.7. The van der Waals surface area contributed by atoms with Crippen LogP contribution in [0.5, 0.6) is 0 Å². The molecule has 6 heteroatoms. The van der Waals surface area contributed by atoms with Gasteiger partial charge in [-0.1, -0.05) is 145 Å². The summed E-state index contributed by atoms with van der Waals surface area (Å²) >= 11 is 0. The van der Waals surface area contributed by atoms with E-state index in [0.29, 0.717) is 34.5 Å². The van der Waals surface area contributed by atoms with Crippen LogP contribution >= 0.6 is 0 Å². The maximum atomic E-state index is 8.90. The topological polar surface area (TPSA) is 60.9 Å². The molecule has 0 fully saturated rings. The molecule has 11 aromatic rings. The summed E-state index contributed by atoms with van der Waals surface area (Å²) in [5, 5.41) is 2.09. The lowest BCUT2D eigenvalue weighted by Gasteiger charge is -2.12. The van der Waals surface area contributed by atoms with Crippen LogP contribution in [-0.4, -0.2) is 28.9 Å². The molecule has 0 unspecified atom stereocenters. The van der Waals surface area contributed by atoms with Crippen molar-refractivity contribution in [2.75, 3.05) is 0 Å². The highest BCUT2D eigenvalue weighted by Gasteiger charge is 2.19. The molecule has 0 N–H and O–H groups in total. The highest BCUT2D eigenvalue weighted by atomic mass is 15.0. The first-order chi connectivity index (χ1) is 30.8. The largest absolute Gasteiger partial charge is 0.309 e. The summed E-state index contributed by atoms with van der Waals surface area (Å²) in [4.78, 5) is 20.0. The van der Waals surface area contributed by atoms with Crippen molar-refractivity contribution in [1.29, 1.82) is 0 Å². The number of fused-ring (bicyclic) bond motifs is 4. The number of imidazole rings is 1. The van der Waals surface area contributed by atoms with E-state index in [1.165, 1.54) is 0 Å². The Morgan fingerprint density at radius 2 is 1.00 bits per heavy atom. The molecule has 58 heavy (non-hydrogen) atoms. The monoisotopic (exact) mass is 747 g/mol. The Bertz CT molecular complexity index is 3540. The highest BCUT2D eigenvalue weighted by molar-refractivity contribution is 6.10. The second-order valence-corrected chi connectivity index (χ2v) is 14.0. The summed E-state index contributed by atoms with van der Waals surface area (Å²) < 4.78 is 47.0. The van der Waals surface area contributed by atoms with Crippen molar-refractivity contribution >= 4 is 27.5 Å². The third-order valence-electron chi connectivity index (χ3n) is 10.5. The van der Waals surface area contributed by atoms with Gasteiger partial charge in [0.25, 0.3) is 0 Å². The summed E-state index contributed by atoms with van der Waals surface area (Å²) in [5.74, 6) is 1.70. The van der Waals surface area contributed by atoms with E-state index >= 15 is 0 Å². The number of aromatic nitrogens is 6. The third-order valence-corrected chi connectivity index (χ3v) is 10.5. The first-order valence-electron chi connectivity index (χ1n) is 21.5. The fourth-order valence-corrected chi connectivity index (χ4v) is 7.78. The van der Waals surface area contributed by atoms with E-state index in [-0.39, 0.29) is 17.6 Å². The summed E-state index contributed by atoms with van der Waals surface area (Å²) in [5.41, 5.74) is 9.95. The lowest BCUT2D eigenvalue weighted by Crippen LogP contribution is -2.00. The van der Waals surface area contributed by atoms with Gasteiger partial charge in [-0.25, -0.2) is 19.9 Å². The molecule has 6 nitrogen and oxygen atoms in total. The number of para-hydroxylation sites is 1. The van der Waals surface area contributed by atoms with Crippen LogP contribution in [0.2, 0.25) is 0 Å². The quantitative estimate of drug-likeness (QED) is 0.163. The minimum absolute atomic E-state index is 0.0896. The van der Waals surface area contributed by atoms with Crippen LogP contribution < -0.4 is 0 Å². The van der Waals surface area contributed by atoms with Crippen molar-refractivity contribution in [3.63, 3.8) is 0 Å². The van der Waals surface area contributed by atoms with Gasteiger partial charge in [0, 0.05) is 50.5 Å². The van der Waals surface area contributed by atoms with Gasteiger partial charge < -0.3 is 4.57 Å². The number of rotatable bonds is 7. The molecule has 0 aliphatic rings. The van der Waals surface area contributed by atoms with Crippen LogP contribution in [0.15, 0.2) is 206 Å². The van der Waals surface area contributed by atoms with Gasteiger partial charge >= 0.3 is 0 Å². The molecule has 0 atom stereocenters. The predicted octanol–water partition coefficient (Wildman–Crippen LogP) is 12.6. The molecule has 4 heterocycles. The molecule has 0 aliphatic carbocycles. The maximum Gasteiger partial charge on any atom is 0.164 e. The fourth-order valence-electron chi connectivity index (χ4n) is 7.78. The number of benzene rings is 7. The Labute approximate surface area is 342 Å². The summed E-state index contributed by atoms with van der Waals surface area (Å²) in [6.45, 7) is 0. The first-order valence-corrected chi connectivity index (χ1v) is 19.0. The molecule has 0 radical (unpaired) electrons. The standard InChI is InChI=1S/C52H34N6/c1-4-15-35(16-5-1)39-21-14-22-41(33-39)52-55-50(37-19-8-3-9-20-37)54-51(56-52)38-26-29-42(30-27-38)58-45-24-11-10-23-43(45)44-31-28-40(34-46(44)58)48-49(36-17-6-2-7-18-36)57-32-13-12-25-47(57)53-48/h1-34H/i2D,6D,7D,17D,18D. The van der Waals surface area contributed by atoms with Crippen molar-refractivity contribution in [2.45, 2.75) is 0 Å². The molecule has 0 aliphatic heterocycles. The molecule has 272 valence electrons.